The average Bonchev–Trinajstić information content (AvgIpc) is 2.77. The van der Waals surface area contributed by atoms with E-state index < -0.39 is 0 Å². The lowest BCUT2D eigenvalue weighted by atomic mass is 10.2. The molecular formula is C23H28N4O3. The molecule has 0 spiro atoms. The van der Waals surface area contributed by atoms with Gasteiger partial charge in [0.25, 0.3) is 0 Å². The number of aryl methyl sites for hydroxylation is 1. The zero-order chi connectivity index (χ0) is 21.5. The number of carbonyl (C=O) groups is 1. The van der Waals surface area contributed by atoms with Crippen molar-refractivity contribution in [2.75, 3.05) is 32.7 Å². The number of methoxy groups -OCH3 is 1. The summed E-state index contributed by atoms with van der Waals surface area (Å²) < 4.78 is 11.4. The third kappa shape index (κ3) is 4.97. The Balaban J connectivity index is 1.80. The summed E-state index contributed by atoms with van der Waals surface area (Å²) >= 11 is 0. The summed E-state index contributed by atoms with van der Waals surface area (Å²) in [7, 11) is 5.25. The third-order valence-corrected chi connectivity index (χ3v) is 4.88. The third-order valence-electron chi connectivity index (χ3n) is 4.88. The minimum Gasteiger partial charge on any atom is -0.493 e. The number of fused-ring (bicyclic) bond motifs is 1. The van der Waals surface area contributed by atoms with Gasteiger partial charge >= 0.3 is 0 Å². The van der Waals surface area contributed by atoms with E-state index in [0.717, 1.165) is 41.1 Å². The number of nitrogens with one attached hydrogen (secondary N) is 1. The molecule has 1 heterocycles. The van der Waals surface area contributed by atoms with Crippen LogP contribution in [0.3, 0.4) is 0 Å². The molecule has 0 saturated carbocycles. The molecule has 1 aromatic heterocycles. The van der Waals surface area contributed by atoms with Crippen LogP contribution in [0.5, 0.6) is 11.5 Å². The van der Waals surface area contributed by atoms with Crippen molar-refractivity contribution in [1.29, 1.82) is 0 Å². The Kier molecular flexibility index (Phi) is 7.06. The summed E-state index contributed by atoms with van der Waals surface area (Å²) in [6.07, 6.45) is 2.06. The lowest BCUT2D eigenvalue weighted by Crippen LogP contribution is -2.17. The van der Waals surface area contributed by atoms with Crippen LogP contribution < -0.4 is 19.7 Å². The van der Waals surface area contributed by atoms with Gasteiger partial charge in [0.1, 0.15) is 11.6 Å². The molecule has 30 heavy (non-hydrogen) atoms. The SMILES string of the molecule is CNC(=O)CCCCOc1cc(N(C)c2nc(C)nc3ccccc23)ccc1OC. The van der Waals surface area contributed by atoms with Gasteiger partial charge in [0.15, 0.2) is 11.5 Å². The van der Waals surface area contributed by atoms with E-state index in [1.807, 2.05) is 61.3 Å². The zero-order valence-electron chi connectivity index (χ0n) is 17.9. The van der Waals surface area contributed by atoms with Gasteiger partial charge in [-0.05, 0) is 44.0 Å². The maximum atomic E-state index is 11.3. The molecule has 0 bridgehead atoms. The van der Waals surface area contributed by atoms with Crippen molar-refractivity contribution in [2.45, 2.75) is 26.2 Å². The predicted octanol–water partition coefficient (Wildman–Crippen LogP) is 4.01. The number of carbonyl (C=O) groups excluding carboxylic acids is 1. The van der Waals surface area contributed by atoms with Gasteiger partial charge in [0.2, 0.25) is 5.91 Å². The molecule has 0 aliphatic carbocycles. The molecule has 7 heteroatoms. The molecule has 0 radical (unpaired) electrons. The van der Waals surface area contributed by atoms with Crippen LogP contribution in [0, 0.1) is 6.92 Å². The maximum Gasteiger partial charge on any atom is 0.219 e. The van der Waals surface area contributed by atoms with Gasteiger partial charge in [-0.25, -0.2) is 9.97 Å². The Morgan fingerprint density at radius 2 is 1.90 bits per heavy atom. The van der Waals surface area contributed by atoms with E-state index in [1.165, 1.54) is 0 Å². The standard InChI is InChI=1S/C23H28N4O3/c1-16-25-19-10-6-5-9-18(19)23(26-16)27(3)17-12-13-20(29-4)21(15-17)30-14-8-7-11-22(28)24-2/h5-6,9-10,12-13,15H,7-8,11,14H2,1-4H3,(H,24,28). The number of para-hydroxylation sites is 1. The topological polar surface area (TPSA) is 76.6 Å². The number of rotatable bonds is 9. The summed E-state index contributed by atoms with van der Waals surface area (Å²) in [4.78, 5) is 22.5. The summed E-state index contributed by atoms with van der Waals surface area (Å²) in [5, 5.41) is 3.61. The Morgan fingerprint density at radius 1 is 1.10 bits per heavy atom. The van der Waals surface area contributed by atoms with E-state index in [1.54, 1.807) is 14.2 Å². The van der Waals surface area contributed by atoms with Crippen molar-refractivity contribution in [2.24, 2.45) is 0 Å². The van der Waals surface area contributed by atoms with E-state index in [9.17, 15) is 4.79 Å². The van der Waals surface area contributed by atoms with E-state index in [0.29, 0.717) is 24.5 Å². The van der Waals surface area contributed by atoms with Crippen LogP contribution in [-0.4, -0.2) is 43.7 Å². The molecule has 0 aliphatic rings. The number of aromatic nitrogens is 2. The minimum absolute atomic E-state index is 0.0450. The fourth-order valence-corrected chi connectivity index (χ4v) is 3.23. The number of amides is 1. The van der Waals surface area contributed by atoms with Crippen molar-refractivity contribution in [1.82, 2.24) is 15.3 Å². The van der Waals surface area contributed by atoms with Crippen molar-refractivity contribution in [3.63, 3.8) is 0 Å². The van der Waals surface area contributed by atoms with Crippen LogP contribution in [-0.2, 0) is 4.79 Å². The molecule has 0 atom stereocenters. The molecule has 0 saturated heterocycles. The van der Waals surface area contributed by atoms with Gasteiger partial charge < -0.3 is 19.7 Å². The molecule has 7 nitrogen and oxygen atoms in total. The Hall–Kier alpha value is -3.35. The van der Waals surface area contributed by atoms with Crippen LogP contribution >= 0.6 is 0 Å². The Labute approximate surface area is 177 Å². The summed E-state index contributed by atoms with van der Waals surface area (Å²) in [6.45, 7) is 2.40. The van der Waals surface area contributed by atoms with Gasteiger partial charge in [-0.1, -0.05) is 12.1 Å². The number of benzene rings is 2. The fourth-order valence-electron chi connectivity index (χ4n) is 3.23. The molecule has 1 amide bonds. The number of hydrogen-bond acceptors (Lipinski definition) is 6. The quantitative estimate of drug-likeness (QED) is 0.539. The van der Waals surface area contributed by atoms with E-state index in [-0.39, 0.29) is 5.91 Å². The highest BCUT2D eigenvalue weighted by atomic mass is 16.5. The smallest absolute Gasteiger partial charge is 0.219 e. The minimum atomic E-state index is 0.0450. The highest BCUT2D eigenvalue weighted by Gasteiger charge is 2.14. The molecular weight excluding hydrogens is 380 g/mol. The van der Waals surface area contributed by atoms with Gasteiger partial charge in [-0.2, -0.15) is 0 Å². The highest BCUT2D eigenvalue weighted by Crippen LogP contribution is 2.35. The fraction of sp³-hybridized carbons (Fsp3) is 0.348. The molecule has 1 N–H and O–H groups in total. The van der Waals surface area contributed by atoms with Crippen LogP contribution in [0.25, 0.3) is 10.9 Å². The Morgan fingerprint density at radius 3 is 2.67 bits per heavy atom. The number of anilines is 2. The van der Waals surface area contributed by atoms with Crippen molar-refractivity contribution in [3.05, 3.63) is 48.3 Å². The highest BCUT2D eigenvalue weighted by molar-refractivity contribution is 5.91. The molecule has 158 valence electrons. The normalized spacial score (nSPS) is 10.7. The first kappa shape index (κ1) is 21.4. The van der Waals surface area contributed by atoms with Crippen molar-refractivity contribution in [3.8, 4) is 11.5 Å². The lowest BCUT2D eigenvalue weighted by Gasteiger charge is -2.22. The molecule has 3 rings (SSSR count). The van der Waals surface area contributed by atoms with Gasteiger partial charge in [0, 0.05) is 37.7 Å². The van der Waals surface area contributed by atoms with Crippen LogP contribution in [0.15, 0.2) is 42.5 Å². The van der Waals surface area contributed by atoms with E-state index in [2.05, 4.69) is 15.3 Å². The van der Waals surface area contributed by atoms with E-state index >= 15 is 0 Å². The van der Waals surface area contributed by atoms with Crippen LogP contribution in [0.2, 0.25) is 0 Å². The van der Waals surface area contributed by atoms with Gasteiger partial charge in [-0.15, -0.1) is 0 Å². The molecule has 0 aliphatic heterocycles. The first-order valence-electron chi connectivity index (χ1n) is 10.0. The average molecular weight is 409 g/mol. The van der Waals surface area contributed by atoms with Crippen LogP contribution in [0.4, 0.5) is 11.5 Å². The van der Waals surface area contributed by atoms with E-state index in [4.69, 9.17) is 9.47 Å². The number of nitrogens with zero attached hydrogens (tertiary/aromatic N) is 3. The van der Waals surface area contributed by atoms with Gasteiger partial charge in [-0.3, -0.25) is 4.79 Å². The molecule has 0 fully saturated rings. The second-order valence-corrected chi connectivity index (χ2v) is 6.98. The molecule has 3 aromatic rings. The predicted molar refractivity (Wildman–Crippen MR) is 119 cm³/mol. The number of ether oxygens (including phenoxy) is 2. The molecule has 0 unspecified atom stereocenters. The second kappa shape index (κ2) is 9.91. The summed E-state index contributed by atoms with van der Waals surface area (Å²) in [5.41, 5.74) is 1.84. The van der Waals surface area contributed by atoms with Gasteiger partial charge in [0.05, 0.1) is 19.2 Å². The monoisotopic (exact) mass is 408 g/mol. The lowest BCUT2D eigenvalue weighted by molar-refractivity contribution is -0.120. The number of hydrogen-bond donors (Lipinski definition) is 1. The van der Waals surface area contributed by atoms with Crippen molar-refractivity contribution >= 4 is 28.3 Å². The largest absolute Gasteiger partial charge is 0.493 e. The number of unbranched alkanes of at least 4 members (excludes halogenated alkanes) is 1. The summed E-state index contributed by atoms with van der Waals surface area (Å²) in [5.74, 6) is 2.93. The van der Waals surface area contributed by atoms with Crippen LogP contribution in [0.1, 0.15) is 25.1 Å². The zero-order valence-corrected chi connectivity index (χ0v) is 17.9. The molecule has 2 aromatic carbocycles. The maximum absolute atomic E-state index is 11.3. The second-order valence-electron chi connectivity index (χ2n) is 6.98. The first-order valence-corrected chi connectivity index (χ1v) is 10.0. The Bertz CT molecular complexity index is 1020. The van der Waals surface area contributed by atoms with Crippen molar-refractivity contribution < 1.29 is 14.3 Å². The first-order chi connectivity index (χ1) is 14.5. The summed E-state index contributed by atoms with van der Waals surface area (Å²) in [6, 6.07) is 13.8.